The van der Waals surface area contributed by atoms with Gasteiger partial charge in [-0.25, -0.2) is 0 Å². The summed E-state index contributed by atoms with van der Waals surface area (Å²) >= 11 is 0. The van der Waals surface area contributed by atoms with Crippen LogP contribution in [0.15, 0.2) is 30.6 Å². The lowest BCUT2D eigenvalue weighted by molar-refractivity contribution is 0.102. The lowest BCUT2D eigenvalue weighted by atomic mass is 9.88. The lowest BCUT2D eigenvalue weighted by Crippen LogP contribution is -2.22. The molecule has 0 amide bonds. The maximum absolute atomic E-state index is 10.8. The van der Waals surface area contributed by atoms with Gasteiger partial charge in [-0.05, 0) is 33.3 Å². The Labute approximate surface area is 108 Å². The van der Waals surface area contributed by atoms with Crippen LogP contribution in [-0.4, -0.2) is 14.9 Å². The minimum absolute atomic E-state index is 0.808. The van der Waals surface area contributed by atoms with Crippen LogP contribution in [0.1, 0.15) is 36.1 Å². The highest BCUT2D eigenvalue weighted by molar-refractivity contribution is 5.38. The van der Waals surface area contributed by atoms with Gasteiger partial charge in [0.25, 0.3) is 0 Å². The molecule has 1 unspecified atom stereocenters. The highest BCUT2D eigenvalue weighted by Crippen LogP contribution is 2.30. The molecule has 1 N–H and O–H groups in total. The van der Waals surface area contributed by atoms with Gasteiger partial charge in [0, 0.05) is 18.3 Å². The Kier molecular flexibility index (Phi) is 3.26. The smallest absolute Gasteiger partial charge is 0.115 e. The monoisotopic (exact) mass is 244 g/mol. The number of benzene rings is 1. The lowest BCUT2D eigenvalue weighted by Gasteiger charge is -2.23. The van der Waals surface area contributed by atoms with Gasteiger partial charge in [0.1, 0.15) is 5.60 Å². The van der Waals surface area contributed by atoms with Gasteiger partial charge >= 0.3 is 0 Å². The molecule has 1 heterocycles. The Balaban J connectivity index is 2.46. The van der Waals surface area contributed by atoms with Gasteiger partial charge in [0.05, 0.1) is 6.20 Å². The minimum atomic E-state index is -0.996. The van der Waals surface area contributed by atoms with Crippen molar-refractivity contribution in [2.75, 3.05) is 0 Å². The standard InChI is InChI=1S/C15H20N2O/c1-5-17-10-14(9-16-17)15(4,18)13-7-11(2)6-12(3)8-13/h6-10,18H,5H2,1-4H3. The number of hydrogen-bond donors (Lipinski definition) is 1. The largest absolute Gasteiger partial charge is 0.381 e. The zero-order valence-corrected chi connectivity index (χ0v) is 11.4. The maximum Gasteiger partial charge on any atom is 0.115 e. The van der Waals surface area contributed by atoms with Crippen molar-refractivity contribution in [2.24, 2.45) is 0 Å². The van der Waals surface area contributed by atoms with Gasteiger partial charge in [0.2, 0.25) is 0 Å². The van der Waals surface area contributed by atoms with E-state index in [0.717, 1.165) is 28.8 Å². The van der Waals surface area contributed by atoms with Gasteiger partial charge < -0.3 is 5.11 Å². The van der Waals surface area contributed by atoms with Crippen LogP contribution in [0.25, 0.3) is 0 Å². The molecule has 0 bridgehead atoms. The van der Waals surface area contributed by atoms with Crippen LogP contribution in [-0.2, 0) is 12.1 Å². The van der Waals surface area contributed by atoms with E-state index in [-0.39, 0.29) is 0 Å². The highest BCUT2D eigenvalue weighted by Gasteiger charge is 2.27. The Hall–Kier alpha value is -1.61. The Morgan fingerprint density at radius 3 is 2.28 bits per heavy atom. The van der Waals surface area contributed by atoms with E-state index in [2.05, 4.69) is 11.2 Å². The SMILES string of the molecule is CCn1cc(C(C)(O)c2cc(C)cc(C)c2)cn1. The first-order valence-electron chi connectivity index (χ1n) is 6.27. The van der Waals surface area contributed by atoms with Crippen molar-refractivity contribution >= 4 is 0 Å². The van der Waals surface area contributed by atoms with E-state index >= 15 is 0 Å². The fourth-order valence-corrected chi connectivity index (χ4v) is 2.21. The molecule has 0 aliphatic rings. The van der Waals surface area contributed by atoms with E-state index in [1.165, 1.54) is 0 Å². The van der Waals surface area contributed by atoms with E-state index in [9.17, 15) is 5.11 Å². The third-order valence-electron chi connectivity index (χ3n) is 3.30. The summed E-state index contributed by atoms with van der Waals surface area (Å²) in [6.07, 6.45) is 3.64. The summed E-state index contributed by atoms with van der Waals surface area (Å²) in [5, 5.41) is 15.0. The quantitative estimate of drug-likeness (QED) is 0.901. The van der Waals surface area contributed by atoms with E-state index in [4.69, 9.17) is 0 Å². The average Bonchev–Trinajstić information content (AvgIpc) is 2.76. The number of aliphatic hydroxyl groups is 1. The summed E-state index contributed by atoms with van der Waals surface area (Å²) in [7, 11) is 0. The molecule has 0 saturated carbocycles. The predicted molar refractivity (Wildman–Crippen MR) is 72.5 cm³/mol. The molecule has 0 radical (unpaired) electrons. The average molecular weight is 244 g/mol. The van der Waals surface area contributed by atoms with Crippen molar-refractivity contribution < 1.29 is 5.11 Å². The third-order valence-corrected chi connectivity index (χ3v) is 3.30. The van der Waals surface area contributed by atoms with Crippen LogP contribution in [0.3, 0.4) is 0 Å². The molecule has 18 heavy (non-hydrogen) atoms. The van der Waals surface area contributed by atoms with Crippen LogP contribution >= 0.6 is 0 Å². The molecule has 1 atom stereocenters. The maximum atomic E-state index is 10.8. The minimum Gasteiger partial charge on any atom is -0.381 e. The molecule has 2 aromatic rings. The van der Waals surface area contributed by atoms with Crippen LogP contribution < -0.4 is 0 Å². The number of aryl methyl sites for hydroxylation is 3. The second-order valence-electron chi connectivity index (χ2n) is 5.03. The Morgan fingerprint density at radius 2 is 1.78 bits per heavy atom. The van der Waals surface area contributed by atoms with E-state index in [0.29, 0.717) is 0 Å². The second-order valence-corrected chi connectivity index (χ2v) is 5.03. The molecule has 0 fully saturated rings. The van der Waals surface area contributed by atoms with Crippen molar-refractivity contribution in [3.8, 4) is 0 Å². The predicted octanol–water partition coefficient (Wildman–Crippen LogP) is 2.78. The highest BCUT2D eigenvalue weighted by atomic mass is 16.3. The van der Waals surface area contributed by atoms with Gasteiger partial charge in [0.15, 0.2) is 0 Å². The number of nitrogens with zero attached hydrogens (tertiary/aromatic N) is 2. The molecule has 0 aliphatic heterocycles. The van der Waals surface area contributed by atoms with Gasteiger partial charge in [-0.2, -0.15) is 5.10 Å². The van der Waals surface area contributed by atoms with Gasteiger partial charge in [-0.1, -0.05) is 29.3 Å². The van der Waals surface area contributed by atoms with E-state index in [1.807, 2.05) is 50.7 Å². The van der Waals surface area contributed by atoms with Crippen molar-refractivity contribution in [1.29, 1.82) is 0 Å². The normalized spacial score (nSPS) is 14.5. The summed E-state index contributed by atoms with van der Waals surface area (Å²) in [5.74, 6) is 0. The van der Waals surface area contributed by atoms with Crippen LogP contribution in [0.2, 0.25) is 0 Å². The van der Waals surface area contributed by atoms with Gasteiger partial charge in [-0.3, -0.25) is 4.68 Å². The van der Waals surface area contributed by atoms with Crippen LogP contribution in [0, 0.1) is 13.8 Å². The summed E-state index contributed by atoms with van der Waals surface area (Å²) in [5.41, 5.74) is 3.07. The number of rotatable bonds is 3. The molecule has 0 spiro atoms. The summed E-state index contributed by atoms with van der Waals surface area (Å²) in [4.78, 5) is 0. The van der Waals surface area contributed by atoms with Gasteiger partial charge in [-0.15, -0.1) is 0 Å². The second kappa shape index (κ2) is 4.58. The molecule has 3 nitrogen and oxygen atoms in total. The summed E-state index contributed by atoms with van der Waals surface area (Å²) in [6, 6.07) is 6.15. The van der Waals surface area contributed by atoms with E-state index in [1.54, 1.807) is 6.20 Å². The Bertz CT molecular complexity index is 535. The first kappa shape index (κ1) is 12.8. The molecule has 0 aliphatic carbocycles. The first-order valence-corrected chi connectivity index (χ1v) is 6.27. The van der Waals surface area contributed by atoms with Crippen molar-refractivity contribution in [2.45, 2.75) is 39.8 Å². The van der Waals surface area contributed by atoms with Crippen molar-refractivity contribution in [3.05, 3.63) is 52.8 Å². The fraction of sp³-hybridized carbons (Fsp3) is 0.400. The molecule has 1 aromatic heterocycles. The summed E-state index contributed by atoms with van der Waals surface area (Å²) in [6.45, 7) is 8.74. The molecular formula is C15H20N2O. The zero-order chi connectivity index (χ0) is 13.3. The Morgan fingerprint density at radius 1 is 1.17 bits per heavy atom. The number of aromatic nitrogens is 2. The molecule has 96 valence electrons. The molecule has 2 rings (SSSR count). The van der Waals surface area contributed by atoms with Crippen LogP contribution in [0.4, 0.5) is 0 Å². The van der Waals surface area contributed by atoms with Crippen molar-refractivity contribution in [1.82, 2.24) is 9.78 Å². The molecular weight excluding hydrogens is 224 g/mol. The van der Waals surface area contributed by atoms with Crippen LogP contribution in [0.5, 0.6) is 0 Å². The fourth-order valence-electron chi connectivity index (χ4n) is 2.21. The zero-order valence-electron chi connectivity index (χ0n) is 11.4. The first-order chi connectivity index (χ1) is 8.43. The molecule has 3 heteroatoms. The molecule has 1 aromatic carbocycles. The molecule has 0 saturated heterocycles. The van der Waals surface area contributed by atoms with E-state index < -0.39 is 5.60 Å². The summed E-state index contributed by atoms with van der Waals surface area (Å²) < 4.78 is 1.83. The van der Waals surface area contributed by atoms with Crippen molar-refractivity contribution in [3.63, 3.8) is 0 Å². The third kappa shape index (κ3) is 2.31. The number of hydrogen-bond acceptors (Lipinski definition) is 2. The topological polar surface area (TPSA) is 38.0 Å².